The first-order valence-electron chi connectivity index (χ1n) is 10.3. The van der Waals surface area contributed by atoms with E-state index in [9.17, 15) is 0 Å². The van der Waals surface area contributed by atoms with Gasteiger partial charge in [-0.15, -0.1) is 0 Å². The largest absolute Gasteiger partial charge is 0.365 e. The topological polar surface area (TPSA) is 44.8 Å². The van der Waals surface area contributed by atoms with Crippen molar-refractivity contribution in [2.75, 3.05) is 0 Å². The van der Waals surface area contributed by atoms with E-state index in [2.05, 4.69) is 57.0 Å². The third-order valence-electron chi connectivity index (χ3n) is 6.03. The Morgan fingerprint density at radius 3 is 2.68 bits per heavy atom. The highest BCUT2D eigenvalue weighted by atomic mass is 15.2. The lowest BCUT2D eigenvalue weighted by molar-refractivity contribution is 0.259. The van der Waals surface area contributed by atoms with Crippen molar-refractivity contribution in [3.8, 4) is 0 Å². The van der Waals surface area contributed by atoms with Crippen LogP contribution in [0.1, 0.15) is 47.3 Å². The molecule has 28 heavy (non-hydrogen) atoms. The Hall–Kier alpha value is -2.88. The van der Waals surface area contributed by atoms with Crippen molar-refractivity contribution >= 4 is 5.70 Å². The third-order valence-corrected chi connectivity index (χ3v) is 6.03. The van der Waals surface area contributed by atoms with Crippen LogP contribution in [0.4, 0.5) is 0 Å². The number of benzene rings is 1. The summed E-state index contributed by atoms with van der Waals surface area (Å²) >= 11 is 0. The van der Waals surface area contributed by atoms with Gasteiger partial charge in [-0.05, 0) is 60.9 Å². The Balaban J connectivity index is 1.32. The van der Waals surface area contributed by atoms with E-state index >= 15 is 0 Å². The molecule has 0 amide bonds. The van der Waals surface area contributed by atoms with Crippen LogP contribution in [0, 0.1) is 0 Å². The van der Waals surface area contributed by atoms with Gasteiger partial charge in [-0.2, -0.15) is 5.10 Å². The van der Waals surface area contributed by atoms with Crippen LogP contribution in [0.25, 0.3) is 5.70 Å². The van der Waals surface area contributed by atoms with Crippen LogP contribution in [0.15, 0.2) is 61.4 Å². The first-order chi connectivity index (χ1) is 13.8. The van der Waals surface area contributed by atoms with Crippen molar-refractivity contribution in [1.29, 1.82) is 0 Å². The average Bonchev–Trinajstić information content (AvgIpc) is 3.45. The first-order valence-corrected chi connectivity index (χ1v) is 10.3. The van der Waals surface area contributed by atoms with Gasteiger partial charge in [-0.1, -0.05) is 36.9 Å². The highest BCUT2D eigenvalue weighted by Gasteiger charge is 2.36. The Morgan fingerprint density at radius 2 is 1.93 bits per heavy atom. The molecule has 4 heteroatoms. The first kappa shape index (κ1) is 17.2. The van der Waals surface area contributed by atoms with Crippen molar-refractivity contribution in [2.24, 2.45) is 0 Å². The molecule has 0 saturated heterocycles. The lowest BCUT2D eigenvalue weighted by Gasteiger charge is -2.37. The standard InChI is InChI=1S/C24H26N4/c1-17(19-7-5-18(6-8-19)14-21-4-2-3-13-25-21)28(22-9-10-22)23-11-12-24-20(15-23)16-26-27-24/h2-8,13,16,22-23H,1,9-12,14-15H2,(H,26,27). The molecule has 2 aliphatic carbocycles. The van der Waals surface area contributed by atoms with E-state index in [4.69, 9.17) is 0 Å². The number of aryl methyl sites for hydroxylation is 1. The van der Waals surface area contributed by atoms with Gasteiger partial charge < -0.3 is 4.90 Å². The summed E-state index contributed by atoms with van der Waals surface area (Å²) in [5, 5.41) is 7.39. The molecule has 0 aliphatic heterocycles. The molecule has 1 N–H and O–H groups in total. The fourth-order valence-corrected chi connectivity index (χ4v) is 4.40. The summed E-state index contributed by atoms with van der Waals surface area (Å²) in [6, 6.07) is 16.1. The van der Waals surface area contributed by atoms with E-state index in [1.165, 1.54) is 47.3 Å². The van der Waals surface area contributed by atoms with Gasteiger partial charge in [0, 0.05) is 41.8 Å². The summed E-state index contributed by atoms with van der Waals surface area (Å²) in [4.78, 5) is 7.03. The smallest absolute Gasteiger partial charge is 0.0522 e. The number of rotatable bonds is 6. The molecule has 1 aromatic carbocycles. The minimum atomic E-state index is 0.526. The van der Waals surface area contributed by atoms with Crippen molar-refractivity contribution in [2.45, 2.75) is 50.6 Å². The second-order valence-electron chi connectivity index (χ2n) is 8.05. The summed E-state index contributed by atoms with van der Waals surface area (Å²) in [5.74, 6) is 0. The molecule has 2 aliphatic rings. The van der Waals surface area contributed by atoms with Crippen LogP contribution in [0.5, 0.6) is 0 Å². The zero-order valence-electron chi connectivity index (χ0n) is 16.1. The highest BCUT2D eigenvalue weighted by Crippen LogP contribution is 2.38. The van der Waals surface area contributed by atoms with E-state index in [0.717, 1.165) is 25.0 Å². The predicted molar refractivity (Wildman–Crippen MR) is 112 cm³/mol. The summed E-state index contributed by atoms with van der Waals surface area (Å²) in [5.41, 5.74) is 7.48. The van der Waals surface area contributed by atoms with Crippen molar-refractivity contribution in [3.63, 3.8) is 0 Å². The number of fused-ring (bicyclic) bond motifs is 1. The quantitative estimate of drug-likeness (QED) is 0.700. The predicted octanol–water partition coefficient (Wildman–Crippen LogP) is 4.39. The number of nitrogens with zero attached hydrogens (tertiary/aromatic N) is 3. The lowest BCUT2D eigenvalue weighted by atomic mass is 9.91. The van der Waals surface area contributed by atoms with Crippen LogP contribution in [0.2, 0.25) is 0 Å². The highest BCUT2D eigenvalue weighted by molar-refractivity contribution is 5.63. The Bertz CT molecular complexity index is 954. The molecular weight excluding hydrogens is 344 g/mol. The maximum absolute atomic E-state index is 4.51. The molecule has 1 atom stereocenters. The van der Waals surface area contributed by atoms with Gasteiger partial charge >= 0.3 is 0 Å². The van der Waals surface area contributed by atoms with Crippen LogP contribution in [0.3, 0.4) is 0 Å². The fourth-order valence-electron chi connectivity index (χ4n) is 4.40. The Labute approximate surface area is 166 Å². The van der Waals surface area contributed by atoms with Crippen LogP contribution in [-0.2, 0) is 19.3 Å². The second-order valence-corrected chi connectivity index (χ2v) is 8.05. The number of H-pyrrole nitrogens is 1. The minimum absolute atomic E-state index is 0.526. The molecular formula is C24H26N4. The zero-order valence-corrected chi connectivity index (χ0v) is 16.1. The van der Waals surface area contributed by atoms with Gasteiger partial charge in [0.2, 0.25) is 0 Å². The van der Waals surface area contributed by atoms with E-state index in [1.807, 2.05) is 24.5 Å². The van der Waals surface area contributed by atoms with Crippen molar-refractivity contribution in [3.05, 3.63) is 89.5 Å². The zero-order chi connectivity index (χ0) is 18.9. The molecule has 0 bridgehead atoms. The Morgan fingerprint density at radius 1 is 1.07 bits per heavy atom. The second kappa shape index (κ2) is 7.27. The molecule has 1 fully saturated rings. The number of pyridine rings is 1. The van der Waals surface area contributed by atoms with E-state index in [0.29, 0.717) is 12.1 Å². The van der Waals surface area contributed by atoms with Gasteiger partial charge in [-0.25, -0.2) is 0 Å². The van der Waals surface area contributed by atoms with Crippen LogP contribution >= 0.6 is 0 Å². The summed E-state index contributed by atoms with van der Waals surface area (Å²) in [7, 11) is 0. The molecule has 142 valence electrons. The lowest BCUT2D eigenvalue weighted by Crippen LogP contribution is -2.39. The summed E-state index contributed by atoms with van der Waals surface area (Å²) < 4.78 is 0. The number of aromatic amines is 1. The monoisotopic (exact) mass is 370 g/mol. The number of hydrogen-bond acceptors (Lipinski definition) is 3. The molecule has 2 aromatic heterocycles. The maximum Gasteiger partial charge on any atom is 0.0522 e. The van der Waals surface area contributed by atoms with Gasteiger partial charge in [0.25, 0.3) is 0 Å². The molecule has 0 spiro atoms. The van der Waals surface area contributed by atoms with Gasteiger partial charge in [0.1, 0.15) is 0 Å². The summed E-state index contributed by atoms with van der Waals surface area (Å²) in [6.07, 6.45) is 10.6. The SMILES string of the molecule is C=C(c1ccc(Cc2ccccn2)cc1)N(C1CC1)C1CCc2[nH]ncc2C1. The minimum Gasteiger partial charge on any atom is -0.365 e. The van der Waals surface area contributed by atoms with Gasteiger partial charge in [-0.3, -0.25) is 10.1 Å². The molecule has 1 unspecified atom stereocenters. The van der Waals surface area contributed by atoms with Crippen molar-refractivity contribution in [1.82, 2.24) is 20.1 Å². The third kappa shape index (κ3) is 3.47. The molecule has 4 nitrogen and oxygen atoms in total. The van der Waals surface area contributed by atoms with Crippen LogP contribution in [-0.4, -0.2) is 32.2 Å². The van der Waals surface area contributed by atoms with E-state index < -0.39 is 0 Å². The van der Waals surface area contributed by atoms with E-state index in [-0.39, 0.29) is 0 Å². The number of aromatic nitrogens is 3. The molecule has 5 rings (SSSR count). The average molecular weight is 371 g/mol. The number of nitrogens with one attached hydrogen (secondary N) is 1. The maximum atomic E-state index is 4.51. The molecule has 0 radical (unpaired) electrons. The van der Waals surface area contributed by atoms with Gasteiger partial charge in [0.15, 0.2) is 0 Å². The molecule has 1 saturated carbocycles. The van der Waals surface area contributed by atoms with Gasteiger partial charge in [0.05, 0.1) is 6.20 Å². The summed E-state index contributed by atoms with van der Waals surface area (Å²) in [6.45, 7) is 4.51. The molecule has 3 aromatic rings. The Kier molecular flexibility index (Phi) is 4.47. The van der Waals surface area contributed by atoms with Crippen LogP contribution < -0.4 is 0 Å². The normalized spacial score (nSPS) is 18.5. The number of hydrogen-bond donors (Lipinski definition) is 1. The fraction of sp³-hybridized carbons (Fsp3) is 0.333. The van der Waals surface area contributed by atoms with Crippen molar-refractivity contribution < 1.29 is 0 Å². The molecule has 2 heterocycles. The van der Waals surface area contributed by atoms with E-state index in [1.54, 1.807) is 0 Å².